The Labute approximate surface area is 121 Å². The molecule has 0 bridgehead atoms. The lowest BCUT2D eigenvalue weighted by molar-refractivity contribution is 0.268. The van der Waals surface area contributed by atoms with Gasteiger partial charge in [0.1, 0.15) is 0 Å². The lowest BCUT2D eigenvalue weighted by Crippen LogP contribution is -2.45. The summed E-state index contributed by atoms with van der Waals surface area (Å²) in [6.45, 7) is 5.21. The molecule has 1 aromatic rings. The van der Waals surface area contributed by atoms with Gasteiger partial charge < -0.3 is 15.5 Å². The van der Waals surface area contributed by atoms with E-state index in [2.05, 4.69) is 39.4 Å². The number of hydrogen-bond acceptors (Lipinski definition) is 6. The van der Waals surface area contributed by atoms with Crippen LogP contribution in [-0.2, 0) is 0 Å². The van der Waals surface area contributed by atoms with Crippen LogP contribution >= 0.6 is 0 Å². The minimum absolute atomic E-state index is 0.187. The van der Waals surface area contributed by atoms with Crippen molar-refractivity contribution in [1.82, 2.24) is 15.0 Å². The highest BCUT2D eigenvalue weighted by Gasteiger charge is 2.35. The van der Waals surface area contributed by atoms with Gasteiger partial charge in [-0.2, -0.15) is 15.0 Å². The quantitative estimate of drug-likeness (QED) is 0.799. The van der Waals surface area contributed by atoms with E-state index < -0.39 is 0 Å². The van der Waals surface area contributed by atoms with Crippen LogP contribution in [0.2, 0.25) is 0 Å². The predicted molar refractivity (Wildman–Crippen MR) is 83.4 cm³/mol. The number of nitrogens with zero attached hydrogens (tertiary/aromatic N) is 4. The van der Waals surface area contributed by atoms with E-state index in [-0.39, 0.29) is 5.54 Å². The summed E-state index contributed by atoms with van der Waals surface area (Å²) in [6, 6.07) is 0. The highest BCUT2D eigenvalue weighted by atomic mass is 15.3. The van der Waals surface area contributed by atoms with Gasteiger partial charge in [-0.05, 0) is 32.1 Å². The van der Waals surface area contributed by atoms with Crippen molar-refractivity contribution in [3.8, 4) is 0 Å². The molecule has 2 N–H and O–H groups in total. The second-order valence-corrected chi connectivity index (χ2v) is 5.72. The molecule has 1 aliphatic rings. The lowest BCUT2D eigenvalue weighted by atomic mass is 9.75. The molecule has 0 aromatic carbocycles. The molecule has 1 heterocycles. The number of rotatable bonds is 7. The average Bonchev–Trinajstić information content (AvgIpc) is 2.40. The second kappa shape index (κ2) is 6.24. The Morgan fingerprint density at radius 3 is 2.30 bits per heavy atom. The van der Waals surface area contributed by atoms with E-state index in [0.29, 0.717) is 17.8 Å². The Morgan fingerprint density at radius 1 is 1.10 bits per heavy atom. The molecule has 1 aliphatic carbocycles. The molecule has 1 saturated carbocycles. The van der Waals surface area contributed by atoms with Gasteiger partial charge in [-0.25, -0.2) is 0 Å². The van der Waals surface area contributed by atoms with Gasteiger partial charge in [0.15, 0.2) is 0 Å². The lowest BCUT2D eigenvalue weighted by Gasteiger charge is -2.42. The van der Waals surface area contributed by atoms with Crippen LogP contribution in [0.25, 0.3) is 0 Å². The van der Waals surface area contributed by atoms with Crippen molar-refractivity contribution in [3.63, 3.8) is 0 Å². The summed E-state index contributed by atoms with van der Waals surface area (Å²) in [5.41, 5.74) is 0.187. The highest BCUT2D eigenvalue weighted by molar-refractivity contribution is 5.44. The fraction of sp³-hybridized carbons (Fsp3) is 0.786. The first-order valence-electron chi connectivity index (χ1n) is 7.54. The normalized spacial score (nSPS) is 16.4. The van der Waals surface area contributed by atoms with E-state index in [1.54, 1.807) is 0 Å². The predicted octanol–water partition coefficient (Wildman–Crippen LogP) is 2.50. The van der Waals surface area contributed by atoms with Crippen LogP contribution in [-0.4, -0.2) is 41.1 Å². The summed E-state index contributed by atoms with van der Waals surface area (Å²) in [6.07, 6.45) is 5.83. The first-order valence-corrected chi connectivity index (χ1v) is 7.54. The Balaban J connectivity index is 2.19. The molecular formula is C14H26N6. The van der Waals surface area contributed by atoms with Gasteiger partial charge in [0, 0.05) is 26.2 Å². The third kappa shape index (κ3) is 3.29. The summed E-state index contributed by atoms with van der Waals surface area (Å²) in [5.74, 6) is 2.02. The fourth-order valence-electron chi connectivity index (χ4n) is 2.34. The summed E-state index contributed by atoms with van der Waals surface area (Å²) in [7, 11) is 3.89. The number of aromatic nitrogens is 3. The Bertz CT molecular complexity index is 436. The number of hydrogen-bond donors (Lipinski definition) is 2. The van der Waals surface area contributed by atoms with Gasteiger partial charge in [-0.1, -0.05) is 13.8 Å². The minimum Gasteiger partial charge on any atom is -0.354 e. The van der Waals surface area contributed by atoms with Gasteiger partial charge in [0.05, 0.1) is 0 Å². The van der Waals surface area contributed by atoms with Crippen molar-refractivity contribution >= 4 is 17.8 Å². The molecule has 0 unspecified atom stereocenters. The maximum absolute atomic E-state index is 4.51. The Morgan fingerprint density at radius 2 is 1.80 bits per heavy atom. The Hall–Kier alpha value is -1.59. The van der Waals surface area contributed by atoms with E-state index in [1.807, 2.05) is 19.0 Å². The maximum atomic E-state index is 4.51. The van der Waals surface area contributed by atoms with E-state index in [4.69, 9.17) is 0 Å². The monoisotopic (exact) mass is 278 g/mol. The van der Waals surface area contributed by atoms with Crippen LogP contribution in [0.4, 0.5) is 17.8 Å². The zero-order valence-corrected chi connectivity index (χ0v) is 13.0. The van der Waals surface area contributed by atoms with Gasteiger partial charge in [0.25, 0.3) is 0 Å². The van der Waals surface area contributed by atoms with Crippen molar-refractivity contribution in [2.24, 2.45) is 0 Å². The molecule has 6 nitrogen and oxygen atoms in total. The zero-order chi connectivity index (χ0) is 14.6. The summed E-state index contributed by atoms with van der Waals surface area (Å²) >= 11 is 0. The SMILES string of the molecule is CCCNc1nc(NC2(CC)CCC2)nc(N(C)C)n1. The summed E-state index contributed by atoms with van der Waals surface area (Å²) in [5, 5.41) is 6.77. The molecule has 0 saturated heterocycles. The van der Waals surface area contributed by atoms with Gasteiger partial charge in [-0.15, -0.1) is 0 Å². The average molecular weight is 278 g/mol. The van der Waals surface area contributed by atoms with Crippen LogP contribution in [0.3, 0.4) is 0 Å². The second-order valence-electron chi connectivity index (χ2n) is 5.72. The first-order chi connectivity index (χ1) is 9.58. The van der Waals surface area contributed by atoms with Crippen molar-refractivity contribution in [2.45, 2.75) is 51.5 Å². The van der Waals surface area contributed by atoms with Crippen molar-refractivity contribution < 1.29 is 0 Å². The fourth-order valence-corrected chi connectivity index (χ4v) is 2.34. The van der Waals surface area contributed by atoms with Crippen LogP contribution in [0, 0.1) is 0 Å². The molecule has 2 rings (SSSR count). The third-order valence-electron chi connectivity index (χ3n) is 3.92. The number of anilines is 3. The van der Waals surface area contributed by atoms with E-state index in [9.17, 15) is 0 Å². The molecule has 1 fully saturated rings. The van der Waals surface area contributed by atoms with Crippen LogP contribution in [0.1, 0.15) is 46.0 Å². The van der Waals surface area contributed by atoms with E-state index in [1.165, 1.54) is 19.3 Å². The van der Waals surface area contributed by atoms with Gasteiger partial charge >= 0.3 is 0 Å². The first kappa shape index (κ1) is 14.8. The Kier molecular flexibility index (Phi) is 4.62. The smallest absolute Gasteiger partial charge is 0.231 e. The van der Waals surface area contributed by atoms with Gasteiger partial charge in [-0.3, -0.25) is 0 Å². The highest BCUT2D eigenvalue weighted by Crippen LogP contribution is 2.37. The minimum atomic E-state index is 0.187. The summed E-state index contributed by atoms with van der Waals surface area (Å²) in [4.78, 5) is 15.3. The van der Waals surface area contributed by atoms with Crippen LogP contribution < -0.4 is 15.5 Å². The molecule has 0 amide bonds. The summed E-state index contributed by atoms with van der Waals surface area (Å²) < 4.78 is 0. The topological polar surface area (TPSA) is 66.0 Å². The molecular weight excluding hydrogens is 252 g/mol. The molecule has 0 aliphatic heterocycles. The van der Waals surface area contributed by atoms with Crippen LogP contribution in [0.15, 0.2) is 0 Å². The molecule has 0 spiro atoms. The van der Waals surface area contributed by atoms with Crippen molar-refractivity contribution in [1.29, 1.82) is 0 Å². The maximum Gasteiger partial charge on any atom is 0.231 e. The van der Waals surface area contributed by atoms with Crippen LogP contribution in [0.5, 0.6) is 0 Å². The van der Waals surface area contributed by atoms with Gasteiger partial charge in [0.2, 0.25) is 17.8 Å². The zero-order valence-electron chi connectivity index (χ0n) is 13.0. The molecule has 20 heavy (non-hydrogen) atoms. The third-order valence-corrected chi connectivity index (χ3v) is 3.92. The standard InChI is InChI=1S/C14H26N6/c1-5-10-15-11-16-12(18-13(17-11)20(3)4)19-14(6-2)8-7-9-14/h5-10H2,1-4H3,(H2,15,16,17,18,19). The van der Waals surface area contributed by atoms with E-state index in [0.717, 1.165) is 19.4 Å². The molecule has 0 radical (unpaired) electrons. The number of nitrogens with one attached hydrogen (secondary N) is 2. The molecule has 0 atom stereocenters. The molecule has 112 valence electrons. The molecule has 1 aromatic heterocycles. The van der Waals surface area contributed by atoms with E-state index >= 15 is 0 Å². The van der Waals surface area contributed by atoms with Crippen molar-refractivity contribution in [3.05, 3.63) is 0 Å². The van der Waals surface area contributed by atoms with Crippen molar-refractivity contribution in [2.75, 3.05) is 36.2 Å². The molecule has 6 heteroatoms. The largest absolute Gasteiger partial charge is 0.354 e.